The highest BCUT2D eigenvalue weighted by Crippen LogP contribution is 2.34. The Morgan fingerprint density at radius 2 is 2.22 bits per heavy atom. The van der Waals surface area contributed by atoms with Gasteiger partial charge in [0.2, 0.25) is 5.89 Å². The minimum absolute atomic E-state index is 0.394. The molecule has 2 rings (SSSR count). The van der Waals surface area contributed by atoms with Crippen LogP contribution < -0.4 is 5.32 Å². The van der Waals surface area contributed by atoms with Gasteiger partial charge in [0.05, 0.1) is 5.92 Å². The van der Waals surface area contributed by atoms with E-state index < -0.39 is 0 Å². The third-order valence-electron chi connectivity index (χ3n) is 4.00. The SMILES string of the molecule is CCCNC1CCCC1c1nc(C(C)CC)no1. The molecule has 3 atom stereocenters. The van der Waals surface area contributed by atoms with Gasteiger partial charge in [0.25, 0.3) is 0 Å². The monoisotopic (exact) mass is 251 g/mol. The molecule has 0 amide bonds. The maximum atomic E-state index is 5.48. The van der Waals surface area contributed by atoms with E-state index in [9.17, 15) is 0 Å². The standard InChI is InChI=1S/C14H25N3O/c1-4-9-15-12-8-6-7-11(12)14-16-13(17-18-14)10(3)5-2/h10-12,15H,4-9H2,1-3H3. The number of hydrogen-bond donors (Lipinski definition) is 1. The molecule has 0 aliphatic heterocycles. The lowest BCUT2D eigenvalue weighted by molar-refractivity contribution is 0.326. The van der Waals surface area contributed by atoms with E-state index in [1.165, 1.54) is 25.7 Å². The van der Waals surface area contributed by atoms with Crippen LogP contribution in [0.4, 0.5) is 0 Å². The van der Waals surface area contributed by atoms with Crippen LogP contribution in [-0.4, -0.2) is 22.7 Å². The lowest BCUT2D eigenvalue weighted by atomic mass is 10.0. The van der Waals surface area contributed by atoms with Crippen LogP contribution in [0.1, 0.15) is 76.4 Å². The summed E-state index contributed by atoms with van der Waals surface area (Å²) in [5, 5.41) is 7.74. The van der Waals surface area contributed by atoms with Crippen molar-refractivity contribution in [2.75, 3.05) is 6.54 Å². The van der Waals surface area contributed by atoms with Gasteiger partial charge in [-0.25, -0.2) is 0 Å². The zero-order valence-electron chi connectivity index (χ0n) is 11.8. The van der Waals surface area contributed by atoms with E-state index in [2.05, 4.69) is 36.2 Å². The van der Waals surface area contributed by atoms with E-state index in [4.69, 9.17) is 4.52 Å². The Balaban J connectivity index is 2.03. The third-order valence-corrected chi connectivity index (χ3v) is 4.00. The van der Waals surface area contributed by atoms with E-state index in [0.29, 0.717) is 17.9 Å². The number of nitrogens with one attached hydrogen (secondary N) is 1. The molecule has 1 heterocycles. The molecular weight excluding hydrogens is 226 g/mol. The molecule has 18 heavy (non-hydrogen) atoms. The second-order valence-corrected chi connectivity index (χ2v) is 5.40. The number of nitrogens with zero attached hydrogens (tertiary/aromatic N) is 2. The molecule has 102 valence electrons. The summed E-state index contributed by atoms with van der Waals surface area (Å²) >= 11 is 0. The van der Waals surface area contributed by atoms with Crippen LogP contribution in [0.5, 0.6) is 0 Å². The average molecular weight is 251 g/mol. The molecule has 0 spiro atoms. The highest BCUT2D eigenvalue weighted by molar-refractivity contribution is 5.04. The molecule has 1 fully saturated rings. The molecule has 0 saturated heterocycles. The van der Waals surface area contributed by atoms with Crippen molar-refractivity contribution in [1.29, 1.82) is 0 Å². The molecule has 0 bridgehead atoms. The third kappa shape index (κ3) is 2.91. The van der Waals surface area contributed by atoms with Crippen molar-refractivity contribution in [1.82, 2.24) is 15.5 Å². The average Bonchev–Trinajstić information content (AvgIpc) is 3.03. The van der Waals surface area contributed by atoms with Crippen LogP contribution in [0.25, 0.3) is 0 Å². The second kappa shape index (κ2) is 6.32. The van der Waals surface area contributed by atoms with Crippen LogP contribution in [0.2, 0.25) is 0 Å². The van der Waals surface area contributed by atoms with E-state index >= 15 is 0 Å². The van der Waals surface area contributed by atoms with E-state index in [1.807, 2.05) is 0 Å². The zero-order valence-corrected chi connectivity index (χ0v) is 11.8. The first kappa shape index (κ1) is 13.5. The van der Waals surface area contributed by atoms with Gasteiger partial charge in [-0.15, -0.1) is 0 Å². The molecule has 0 radical (unpaired) electrons. The van der Waals surface area contributed by atoms with Gasteiger partial charge < -0.3 is 9.84 Å². The molecule has 1 aromatic rings. The summed E-state index contributed by atoms with van der Waals surface area (Å²) in [7, 11) is 0. The van der Waals surface area contributed by atoms with E-state index in [0.717, 1.165) is 24.7 Å². The van der Waals surface area contributed by atoms with Crippen LogP contribution in [-0.2, 0) is 0 Å². The van der Waals surface area contributed by atoms with E-state index in [1.54, 1.807) is 0 Å². The summed E-state index contributed by atoms with van der Waals surface area (Å²) < 4.78 is 5.48. The molecule has 3 unspecified atom stereocenters. The lowest BCUT2D eigenvalue weighted by Crippen LogP contribution is -2.31. The van der Waals surface area contributed by atoms with Gasteiger partial charge in [-0.05, 0) is 32.2 Å². The topological polar surface area (TPSA) is 51.0 Å². The Morgan fingerprint density at radius 3 is 2.94 bits per heavy atom. The lowest BCUT2D eigenvalue weighted by Gasteiger charge is -2.17. The van der Waals surface area contributed by atoms with Gasteiger partial charge in [0.15, 0.2) is 5.82 Å². The van der Waals surface area contributed by atoms with Crippen molar-refractivity contribution in [2.24, 2.45) is 0 Å². The first-order valence-electron chi connectivity index (χ1n) is 7.33. The van der Waals surface area contributed by atoms with Crippen molar-refractivity contribution in [3.63, 3.8) is 0 Å². The van der Waals surface area contributed by atoms with Crippen molar-refractivity contribution < 1.29 is 4.52 Å². The van der Waals surface area contributed by atoms with Gasteiger partial charge in [0, 0.05) is 12.0 Å². The molecule has 1 aromatic heterocycles. The highest BCUT2D eigenvalue weighted by Gasteiger charge is 2.32. The molecule has 4 heteroatoms. The summed E-state index contributed by atoms with van der Waals surface area (Å²) in [5.74, 6) is 2.53. The highest BCUT2D eigenvalue weighted by atomic mass is 16.5. The maximum Gasteiger partial charge on any atom is 0.231 e. The molecule has 1 aliphatic rings. The minimum Gasteiger partial charge on any atom is -0.339 e. The Kier molecular flexibility index (Phi) is 4.75. The first-order chi connectivity index (χ1) is 8.76. The van der Waals surface area contributed by atoms with Gasteiger partial charge in [-0.1, -0.05) is 32.3 Å². The van der Waals surface area contributed by atoms with Crippen molar-refractivity contribution in [2.45, 2.75) is 70.8 Å². The molecular formula is C14H25N3O. The van der Waals surface area contributed by atoms with Gasteiger partial charge in [-0.3, -0.25) is 0 Å². The van der Waals surface area contributed by atoms with Gasteiger partial charge >= 0.3 is 0 Å². The fourth-order valence-electron chi connectivity index (χ4n) is 2.61. The van der Waals surface area contributed by atoms with Crippen molar-refractivity contribution in [3.05, 3.63) is 11.7 Å². The van der Waals surface area contributed by atoms with Crippen LogP contribution in [0, 0.1) is 0 Å². The molecule has 1 aliphatic carbocycles. The van der Waals surface area contributed by atoms with Crippen LogP contribution in [0.3, 0.4) is 0 Å². The Morgan fingerprint density at radius 1 is 1.39 bits per heavy atom. The molecule has 4 nitrogen and oxygen atoms in total. The van der Waals surface area contributed by atoms with Gasteiger partial charge in [0.1, 0.15) is 0 Å². The first-order valence-corrected chi connectivity index (χ1v) is 7.33. The normalized spacial score (nSPS) is 25.5. The fraction of sp³-hybridized carbons (Fsp3) is 0.857. The summed E-state index contributed by atoms with van der Waals surface area (Å²) in [5.41, 5.74) is 0. The molecule has 1 N–H and O–H groups in total. The smallest absolute Gasteiger partial charge is 0.231 e. The zero-order chi connectivity index (χ0) is 13.0. The van der Waals surface area contributed by atoms with Crippen molar-refractivity contribution >= 4 is 0 Å². The Labute approximate surface area is 110 Å². The summed E-state index contributed by atoms with van der Waals surface area (Å²) in [4.78, 5) is 4.60. The predicted molar refractivity (Wildman–Crippen MR) is 71.7 cm³/mol. The molecule has 0 aromatic carbocycles. The quantitative estimate of drug-likeness (QED) is 0.843. The Hall–Kier alpha value is -0.900. The maximum absolute atomic E-state index is 5.48. The number of rotatable bonds is 6. The Bertz CT molecular complexity index is 364. The summed E-state index contributed by atoms with van der Waals surface area (Å²) in [6, 6.07) is 0.523. The van der Waals surface area contributed by atoms with E-state index in [-0.39, 0.29) is 0 Å². The predicted octanol–water partition coefficient (Wildman–Crippen LogP) is 3.22. The number of hydrogen-bond acceptors (Lipinski definition) is 4. The largest absolute Gasteiger partial charge is 0.339 e. The number of aromatic nitrogens is 2. The molecule has 1 saturated carbocycles. The summed E-state index contributed by atoms with van der Waals surface area (Å²) in [6.45, 7) is 7.58. The van der Waals surface area contributed by atoms with Gasteiger partial charge in [-0.2, -0.15) is 4.98 Å². The summed E-state index contributed by atoms with van der Waals surface area (Å²) in [6.07, 6.45) is 5.88. The minimum atomic E-state index is 0.394. The fourth-order valence-corrected chi connectivity index (χ4v) is 2.61. The van der Waals surface area contributed by atoms with Crippen LogP contribution in [0.15, 0.2) is 4.52 Å². The second-order valence-electron chi connectivity index (χ2n) is 5.40. The van der Waals surface area contributed by atoms with Crippen LogP contribution >= 0.6 is 0 Å². The van der Waals surface area contributed by atoms with Crippen molar-refractivity contribution in [3.8, 4) is 0 Å².